The molecule has 0 bridgehead atoms. The number of carbonyl (C=O) groups excluding carboxylic acids is 1. The molecule has 1 aliphatic heterocycles. The maximum absolute atomic E-state index is 12.5. The molecular formula is C22H31NaO9. The SMILES string of the molecule is O=C(O[C@@H]1[C@@H](O[C@@H](CC2CCCCC2)C(=O)O)[C@@H](O)[C@@H](CO)O[C@@H]1O)c1ccccc1.[H-].[Na+]. The molecule has 1 aliphatic carbocycles. The van der Waals surface area contributed by atoms with Gasteiger partial charge in [-0.25, -0.2) is 9.59 Å². The third-order valence-corrected chi connectivity index (χ3v) is 5.94. The van der Waals surface area contributed by atoms with Crippen LogP contribution in [0.5, 0.6) is 0 Å². The predicted molar refractivity (Wildman–Crippen MR) is 108 cm³/mol. The number of carboxylic acids is 1. The maximum atomic E-state index is 12.5. The minimum atomic E-state index is -1.71. The number of hydrogen-bond acceptors (Lipinski definition) is 8. The van der Waals surface area contributed by atoms with Crippen molar-refractivity contribution in [2.75, 3.05) is 6.61 Å². The van der Waals surface area contributed by atoms with E-state index in [9.17, 15) is 30.0 Å². The van der Waals surface area contributed by atoms with Gasteiger partial charge in [-0.2, -0.15) is 0 Å². The molecule has 0 radical (unpaired) electrons. The van der Waals surface area contributed by atoms with Crippen molar-refractivity contribution in [1.82, 2.24) is 0 Å². The van der Waals surface area contributed by atoms with Gasteiger partial charge in [-0.3, -0.25) is 0 Å². The molecule has 1 heterocycles. The van der Waals surface area contributed by atoms with Gasteiger partial charge in [0.2, 0.25) is 0 Å². The van der Waals surface area contributed by atoms with Gasteiger partial charge in [0, 0.05) is 0 Å². The number of esters is 1. The second-order valence-corrected chi connectivity index (χ2v) is 8.14. The Morgan fingerprint density at radius 1 is 1.09 bits per heavy atom. The first-order valence-corrected chi connectivity index (χ1v) is 10.7. The van der Waals surface area contributed by atoms with E-state index in [1.807, 2.05) is 0 Å². The number of carboxylic acid groups (broad SMARTS) is 1. The van der Waals surface area contributed by atoms with Gasteiger partial charge in [0.15, 0.2) is 18.5 Å². The Morgan fingerprint density at radius 3 is 2.34 bits per heavy atom. The average Bonchev–Trinajstić information content (AvgIpc) is 2.78. The van der Waals surface area contributed by atoms with E-state index < -0.39 is 55.4 Å². The number of aliphatic hydroxyl groups is 3. The van der Waals surface area contributed by atoms with Crippen LogP contribution in [-0.4, -0.2) is 75.8 Å². The first-order chi connectivity index (χ1) is 14.9. The smallest absolute Gasteiger partial charge is 1.00 e. The molecule has 2 aliphatic rings. The summed E-state index contributed by atoms with van der Waals surface area (Å²) in [4.78, 5) is 24.4. The summed E-state index contributed by atoms with van der Waals surface area (Å²) >= 11 is 0. The Hall–Kier alpha value is -1.04. The van der Waals surface area contributed by atoms with Crippen LogP contribution in [0.1, 0.15) is 50.3 Å². The summed E-state index contributed by atoms with van der Waals surface area (Å²) in [6.45, 7) is -0.627. The number of rotatable bonds is 8. The standard InChI is InChI=1S/C22H30O9.Na.H/c23-12-16-17(24)18(29-15(20(25)26)11-13-7-3-1-4-8-13)19(22(28)30-16)31-21(27)14-9-5-2-6-10-14;;/h2,5-6,9-10,13,15-19,22-24,28H,1,3-4,7-8,11-12H2,(H,25,26);;/q;+1;-1/t15-,16+,17-,18-,19+,22-;;/m0../s1. The van der Waals surface area contributed by atoms with Crippen molar-refractivity contribution in [3.05, 3.63) is 35.9 Å². The molecule has 174 valence electrons. The van der Waals surface area contributed by atoms with Crippen LogP contribution in [0.25, 0.3) is 0 Å². The second kappa shape index (κ2) is 13.0. The quantitative estimate of drug-likeness (QED) is 0.260. The molecule has 10 heteroatoms. The van der Waals surface area contributed by atoms with Gasteiger partial charge in [0.25, 0.3) is 0 Å². The Balaban J connectivity index is 0.00000272. The predicted octanol–water partition coefficient (Wildman–Crippen LogP) is -1.79. The van der Waals surface area contributed by atoms with Crippen molar-refractivity contribution in [3.8, 4) is 0 Å². The van der Waals surface area contributed by atoms with E-state index in [2.05, 4.69) is 0 Å². The molecule has 0 aromatic heterocycles. The zero-order valence-corrected chi connectivity index (χ0v) is 20.2. The fourth-order valence-electron chi connectivity index (χ4n) is 4.24. The molecule has 6 atom stereocenters. The third kappa shape index (κ3) is 6.98. The van der Waals surface area contributed by atoms with Crippen LogP contribution in [0.4, 0.5) is 0 Å². The summed E-state index contributed by atoms with van der Waals surface area (Å²) in [7, 11) is 0. The van der Waals surface area contributed by atoms with Gasteiger partial charge in [0.05, 0.1) is 12.2 Å². The van der Waals surface area contributed by atoms with Gasteiger partial charge >= 0.3 is 41.5 Å². The first kappa shape index (κ1) is 27.2. The van der Waals surface area contributed by atoms with E-state index >= 15 is 0 Å². The van der Waals surface area contributed by atoms with E-state index in [0.29, 0.717) is 0 Å². The van der Waals surface area contributed by atoms with Crippen molar-refractivity contribution in [2.24, 2.45) is 5.92 Å². The Labute approximate surface area is 210 Å². The Kier molecular flexibility index (Phi) is 11.1. The van der Waals surface area contributed by atoms with Crippen molar-refractivity contribution >= 4 is 11.9 Å². The van der Waals surface area contributed by atoms with Crippen molar-refractivity contribution in [3.63, 3.8) is 0 Å². The fourth-order valence-corrected chi connectivity index (χ4v) is 4.24. The maximum Gasteiger partial charge on any atom is 1.00 e. The van der Waals surface area contributed by atoms with E-state index in [4.69, 9.17) is 14.2 Å². The molecule has 9 nitrogen and oxygen atoms in total. The molecule has 4 N–H and O–H groups in total. The second-order valence-electron chi connectivity index (χ2n) is 8.14. The van der Waals surface area contributed by atoms with Crippen LogP contribution in [0, 0.1) is 5.92 Å². The molecule has 1 aromatic rings. The Morgan fingerprint density at radius 2 is 1.75 bits per heavy atom. The van der Waals surface area contributed by atoms with Crippen LogP contribution in [0.3, 0.4) is 0 Å². The summed E-state index contributed by atoms with van der Waals surface area (Å²) in [5, 5.41) is 40.2. The molecule has 1 aromatic carbocycles. The minimum Gasteiger partial charge on any atom is -1.00 e. The zero-order chi connectivity index (χ0) is 22.4. The van der Waals surface area contributed by atoms with E-state index in [0.717, 1.165) is 32.1 Å². The van der Waals surface area contributed by atoms with Gasteiger partial charge < -0.3 is 36.1 Å². The van der Waals surface area contributed by atoms with Crippen LogP contribution >= 0.6 is 0 Å². The van der Waals surface area contributed by atoms with Crippen LogP contribution in [0.2, 0.25) is 0 Å². The van der Waals surface area contributed by atoms with Gasteiger partial charge in [-0.05, 0) is 24.5 Å². The number of benzene rings is 1. The molecule has 0 spiro atoms. The average molecular weight is 462 g/mol. The molecule has 1 saturated carbocycles. The van der Waals surface area contributed by atoms with Crippen LogP contribution in [-0.2, 0) is 19.0 Å². The van der Waals surface area contributed by atoms with E-state index in [-0.39, 0.29) is 48.9 Å². The molecular weight excluding hydrogens is 431 g/mol. The molecule has 32 heavy (non-hydrogen) atoms. The largest absolute Gasteiger partial charge is 1.00 e. The summed E-state index contributed by atoms with van der Waals surface area (Å²) in [6, 6.07) is 8.04. The fraction of sp³-hybridized carbons (Fsp3) is 0.636. The number of aliphatic hydroxyl groups excluding tert-OH is 3. The van der Waals surface area contributed by atoms with E-state index in [1.54, 1.807) is 18.2 Å². The molecule has 3 rings (SSSR count). The van der Waals surface area contributed by atoms with Crippen molar-refractivity contribution in [2.45, 2.75) is 75.3 Å². The first-order valence-electron chi connectivity index (χ1n) is 10.7. The van der Waals surface area contributed by atoms with Crippen molar-refractivity contribution < 1.29 is 75.2 Å². The number of aliphatic carboxylic acids is 1. The Bertz CT molecular complexity index is 732. The minimum absolute atomic E-state index is 0. The normalized spacial score (nSPS) is 29.5. The van der Waals surface area contributed by atoms with E-state index in [1.165, 1.54) is 12.1 Å². The van der Waals surface area contributed by atoms with Gasteiger partial charge in [0.1, 0.15) is 18.3 Å². The third-order valence-electron chi connectivity index (χ3n) is 5.94. The number of carbonyl (C=O) groups is 2. The summed E-state index contributed by atoms with van der Waals surface area (Å²) in [5.41, 5.74) is 0.212. The van der Waals surface area contributed by atoms with Crippen LogP contribution in [0.15, 0.2) is 30.3 Å². The number of ether oxygens (including phenoxy) is 3. The topological polar surface area (TPSA) is 143 Å². The zero-order valence-electron chi connectivity index (χ0n) is 19.2. The monoisotopic (exact) mass is 462 g/mol. The van der Waals surface area contributed by atoms with Crippen molar-refractivity contribution in [1.29, 1.82) is 0 Å². The number of hydrogen-bond donors (Lipinski definition) is 4. The summed E-state index contributed by atoms with van der Waals surface area (Å²) in [5.74, 6) is -1.81. The van der Waals surface area contributed by atoms with Crippen LogP contribution < -0.4 is 29.6 Å². The summed E-state index contributed by atoms with van der Waals surface area (Å²) in [6.07, 6.45) is -3.32. The molecule has 0 amide bonds. The summed E-state index contributed by atoms with van der Waals surface area (Å²) < 4.78 is 16.3. The molecule has 1 saturated heterocycles. The van der Waals surface area contributed by atoms with Gasteiger partial charge in [-0.15, -0.1) is 0 Å². The van der Waals surface area contributed by atoms with Gasteiger partial charge in [-0.1, -0.05) is 50.3 Å². The molecule has 2 fully saturated rings. The molecule has 0 unspecified atom stereocenters.